The Morgan fingerprint density at radius 2 is 2.00 bits per heavy atom. The Hall–Kier alpha value is -2.35. The van der Waals surface area contributed by atoms with Crippen molar-refractivity contribution in [3.05, 3.63) is 47.5 Å². The fourth-order valence-electron chi connectivity index (χ4n) is 1.53. The molecule has 0 aliphatic rings. The average Bonchev–Trinajstić information content (AvgIpc) is 2.84. The van der Waals surface area contributed by atoms with Crippen molar-refractivity contribution in [1.82, 2.24) is 0 Å². The molecule has 2 N–H and O–H groups in total. The van der Waals surface area contributed by atoms with E-state index in [0.29, 0.717) is 5.56 Å². The fourth-order valence-corrected chi connectivity index (χ4v) is 2.60. The van der Waals surface area contributed by atoms with Crippen LogP contribution in [0.2, 0.25) is 0 Å². The molecule has 0 bridgehead atoms. The minimum atomic E-state index is -4.19. The minimum absolute atomic E-state index is 0.208. The van der Waals surface area contributed by atoms with Crippen LogP contribution in [0.5, 0.6) is 0 Å². The van der Waals surface area contributed by atoms with Crippen molar-refractivity contribution in [3.8, 4) is 0 Å². The van der Waals surface area contributed by atoms with Crippen LogP contribution in [-0.4, -0.2) is 19.5 Å². The van der Waals surface area contributed by atoms with Gasteiger partial charge >= 0.3 is 5.97 Å². The highest BCUT2D eigenvalue weighted by Crippen LogP contribution is 2.23. The molecule has 0 fully saturated rings. The molecule has 0 unspecified atom stereocenters. The van der Waals surface area contributed by atoms with Crippen LogP contribution in [0.1, 0.15) is 16.1 Å². The van der Waals surface area contributed by atoms with Gasteiger partial charge in [0.2, 0.25) is 10.9 Å². The Morgan fingerprint density at radius 1 is 1.30 bits per heavy atom. The number of para-hydroxylation sites is 1. The second-order valence-electron chi connectivity index (χ2n) is 3.96. The largest absolute Gasteiger partial charge is 0.475 e. The first kappa shape index (κ1) is 14.1. The van der Waals surface area contributed by atoms with Gasteiger partial charge in [-0.1, -0.05) is 12.1 Å². The number of carboxylic acid groups (broad SMARTS) is 1. The van der Waals surface area contributed by atoms with Gasteiger partial charge in [0.05, 0.1) is 5.69 Å². The predicted molar refractivity (Wildman–Crippen MR) is 67.6 cm³/mol. The van der Waals surface area contributed by atoms with Crippen molar-refractivity contribution in [2.24, 2.45) is 0 Å². The number of anilines is 1. The number of benzene rings is 1. The lowest BCUT2D eigenvalue weighted by atomic mass is 10.2. The second-order valence-corrected chi connectivity index (χ2v) is 5.57. The lowest BCUT2D eigenvalue weighted by molar-refractivity contribution is 0.0656. The van der Waals surface area contributed by atoms with E-state index in [1.54, 1.807) is 0 Å². The number of furan rings is 1. The van der Waals surface area contributed by atoms with E-state index in [4.69, 9.17) is 5.11 Å². The van der Waals surface area contributed by atoms with E-state index in [0.717, 1.165) is 18.2 Å². The van der Waals surface area contributed by atoms with Crippen molar-refractivity contribution in [1.29, 1.82) is 0 Å². The van der Waals surface area contributed by atoms with Gasteiger partial charge < -0.3 is 9.52 Å². The molecule has 20 heavy (non-hydrogen) atoms. The van der Waals surface area contributed by atoms with Gasteiger partial charge in [-0.15, -0.1) is 0 Å². The fraction of sp³-hybridized carbons (Fsp3) is 0.0833. The first-order valence-electron chi connectivity index (χ1n) is 5.42. The molecule has 0 amide bonds. The summed E-state index contributed by atoms with van der Waals surface area (Å²) in [7, 11) is -4.19. The van der Waals surface area contributed by atoms with Crippen LogP contribution >= 0.6 is 0 Å². The summed E-state index contributed by atoms with van der Waals surface area (Å²) < 4.78 is 44.3. The summed E-state index contributed by atoms with van der Waals surface area (Å²) in [5.74, 6) is -2.65. The van der Waals surface area contributed by atoms with Gasteiger partial charge in [0.25, 0.3) is 10.0 Å². The molecule has 106 valence electrons. The van der Waals surface area contributed by atoms with E-state index in [9.17, 15) is 17.6 Å². The zero-order chi connectivity index (χ0) is 14.9. The highest BCUT2D eigenvalue weighted by molar-refractivity contribution is 7.92. The summed E-state index contributed by atoms with van der Waals surface area (Å²) in [5.41, 5.74) is 0.180. The normalized spacial score (nSPS) is 11.3. The molecule has 6 nitrogen and oxygen atoms in total. The van der Waals surface area contributed by atoms with Crippen molar-refractivity contribution in [3.63, 3.8) is 0 Å². The van der Waals surface area contributed by atoms with Crippen LogP contribution in [0.25, 0.3) is 0 Å². The molecule has 0 aliphatic carbocycles. The molecule has 0 aliphatic heterocycles. The summed E-state index contributed by atoms with van der Waals surface area (Å²) in [6.45, 7) is 1.53. The van der Waals surface area contributed by atoms with Crippen LogP contribution in [0.15, 0.2) is 39.8 Å². The van der Waals surface area contributed by atoms with Gasteiger partial charge in [0.1, 0.15) is 5.82 Å². The average molecular weight is 299 g/mol. The molecular formula is C12H10FNO5S. The van der Waals surface area contributed by atoms with Crippen molar-refractivity contribution in [2.75, 3.05) is 4.72 Å². The third-order valence-electron chi connectivity index (χ3n) is 2.52. The van der Waals surface area contributed by atoms with Crippen LogP contribution in [0, 0.1) is 12.7 Å². The number of carbonyl (C=O) groups is 1. The first-order chi connectivity index (χ1) is 9.31. The lowest BCUT2D eigenvalue weighted by Gasteiger charge is -2.09. The molecule has 0 saturated heterocycles. The number of nitrogens with one attached hydrogen (secondary N) is 1. The van der Waals surface area contributed by atoms with Crippen LogP contribution in [-0.2, 0) is 10.0 Å². The maximum atomic E-state index is 13.6. The van der Waals surface area contributed by atoms with Gasteiger partial charge in [-0.25, -0.2) is 9.18 Å². The molecule has 0 radical (unpaired) electrons. The maximum absolute atomic E-state index is 13.6. The zero-order valence-electron chi connectivity index (χ0n) is 10.3. The third-order valence-corrected chi connectivity index (χ3v) is 3.74. The van der Waals surface area contributed by atoms with E-state index in [1.807, 2.05) is 4.72 Å². The molecule has 0 atom stereocenters. The van der Waals surface area contributed by atoms with Gasteiger partial charge in [0.15, 0.2) is 0 Å². The first-order valence-corrected chi connectivity index (χ1v) is 6.90. The van der Waals surface area contributed by atoms with Gasteiger partial charge in [0, 0.05) is 0 Å². The Balaban J connectivity index is 2.38. The molecule has 0 saturated carbocycles. The number of aryl methyl sites for hydroxylation is 1. The summed E-state index contributed by atoms with van der Waals surface area (Å²) in [6, 6.07) is 6.08. The van der Waals surface area contributed by atoms with E-state index in [-0.39, 0.29) is 5.69 Å². The number of rotatable bonds is 4. The zero-order valence-corrected chi connectivity index (χ0v) is 11.1. The third kappa shape index (κ3) is 2.64. The maximum Gasteiger partial charge on any atom is 0.371 e. The number of halogens is 1. The minimum Gasteiger partial charge on any atom is -0.475 e. The van der Waals surface area contributed by atoms with Crippen LogP contribution in [0.4, 0.5) is 10.1 Å². The highest BCUT2D eigenvalue weighted by atomic mass is 32.2. The molecule has 1 heterocycles. The molecule has 1 aromatic heterocycles. The monoisotopic (exact) mass is 299 g/mol. The van der Waals surface area contributed by atoms with Gasteiger partial charge in [-0.3, -0.25) is 4.72 Å². The van der Waals surface area contributed by atoms with Gasteiger partial charge in [-0.05, 0) is 30.7 Å². The number of hydrogen-bond acceptors (Lipinski definition) is 4. The molecule has 8 heteroatoms. The number of aromatic carboxylic acids is 1. The standard InChI is InChI=1S/C12H10FNO5S/c1-7-3-2-4-8(13)11(7)14-20(17,18)10-6-5-9(19-10)12(15)16/h2-6,14H,1H3,(H,15,16). The van der Waals surface area contributed by atoms with Gasteiger partial charge in [-0.2, -0.15) is 8.42 Å². The molecule has 0 spiro atoms. The topological polar surface area (TPSA) is 96.6 Å². The van der Waals surface area contributed by atoms with E-state index in [1.165, 1.54) is 19.1 Å². The number of carboxylic acids is 1. The lowest BCUT2D eigenvalue weighted by Crippen LogP contribution is -2.14. The van der Waals surface area contributed by atoms with E-state index >= 15 is 0 Å². The highest BCUT2D eigenvalue weighted by Gasteiger charge is 2.23. The Labute approximate surface area is 113 Å². The second kappa shape index (κ2) is 4.97. The smallest absolute Gasteiger partial charge is 0.371 e. The Kier molecular flexibility index (Phi) is 3.49. The molecular weight excluding hydrogens is 289 g/mol. The summed E-state index contributed by atoms with van der Waals surface area (Å²) in [4.78, 5) is 10.6. The molecule has 1 aromatic carbocycles. The summed E-state index contributed by atoms with van der Waals surface area (Å²) in [6.07, 6.45) is 0. The SMILES string of the molecule is Cc1cccc(F)c1NS(=O)(=O)c1ccc(C(=O)O)o1. The number of sulfonamides is 1. The Bertz CT molecular complexity index is 746. The quantitative estimate of drug-likeness (QED) is 0.902. The van der Waals surface area contributed by atoms with E-state index < -0.39 is 32.7 Å². The van der Waals surface area contributed by atoms with Crippen LogP contribution < -0.4 is 4.72 Å². The van der Waals surface area contributed by atoms with Crippen molar-refractivity contribution in [2.45, 2.75) is 12.0 Å². The molecule has 2 aromatic rings. The number of hydrogen-bond donors (Lipinski definition) is 2. The summed E-state index contributed by atoms with van der Waals surface area (Å²) >= 11 is 0. The predicted octanol–water partition coefficient (Wildman–Crippen LogP) is 2.23. The van der Waals surface area contributed by atoms with Crippen LogP contribution in [0.3, 0.4) is 0 Å². The summed E-state index contributed by atoms with van der Waals surface area (Å²) in [5, 5.41) is 8.07. The van der Waals surface area contributed by atoms with Crippen molar-refractivity contribution >= 4 is 21.7 Å². The molecule has 2 rings (SSSR count). The van der Waals surface area contributed by atoms with Crippen molar-refractivity contribution < 1.29 is 27.1 Å². The Morgan fingerprint density at radius 3 is 2.55 bits per heavy atom. The van der Waals surface area contributed by atoms with E-state index in [2.05, 4.69) is 4.42 Å².